The van der Waals surface area contributed by atoms with E-state index in [1.807, 2.05) is 20.0 Å². The predicted octanol–water partition coefficient (Wildman–Crippen LogP) is 3.20. The van der Waals surface area contributed by atoms with Gasteiger partial charge in [0.25, 0.3) is 0 Å². The summed E-state index contributed by atoms with van der Waals surface area (Å²) in [6.45, 7) is 12.9. The molecule has 0 aliphatic rings. The fourth-order valence-corrected chi connectivity index (χ4v) is 2.47. The van der Waals surface area contributed by atoms with E-state index in [-0.39, 0.29) is 6.04 Å². The third-order valence-electron chi connectivity index (χ3n) is 3.26. The van der Waals surface area contributed by atoms with Crippen LogP contribution in [-0.4, -0.2) is 9.97 Å². The molecule has 1 aromatic heterocycles. The molecule has 0 unspecified atom stereocenters. The molecule has 0 saturated carbocycles. The Morgan fingerprint density at radius 1 is 1.06 bits per heavy atom. The van der Waals surface area contributed by atoms with Crippen LogP contribution in [0.2, 0.25) is 0 Å². The predicted molar refractivity (Wildman–Crippen MR) is 71.8 cm³/mol. The van der Waals surface area contributed by atoms with Crippen molar-refractivity contribution in [2.45, 2.75) is 53.5 Å². The number of aromatic nitrogens is 2. The third-order valence-corrected chi connectivity index (χ3v) is 3.26. The van der Waals surface area contributed by atoms with E-state index in [0.29, 0.717) is 17.8 Å². The first-order valence-corrected chi connectivity index (χ1v) is 6.43. The van der Waals surface area contributed by atoms with Gasteiger partial charge >= 0.3 is 0 Å². The second-order valence-corrected chi connectivity index (χ2v) is 5.57. The van der Waals surface area contributed by atoms with Crippen LogP contribution in [0, 0.1) is 18.8 Å². The van der Waals surface area contributed by atoms with Gasteiger partial charge in [0.1, 0.15) is 5.82 Å². The molecule has 0 spiro atoms. The van der Waals surface area contributed by atoms with E-state index >= 15 is 0 Å². The lowest BCUT2D eigenvalue weighted by molar-refractivity contribution is 0.370. The normalized spacial score (nSPS) is 13.8. The molecule has 17 heavy (non-hydrogen) atoms. The Bertz CT molecular complexity index is 362. The molecule has 1 atom stereocenters. The van der Waals surface area contributed by atoms with Crippen molar-refractivity contribution in [3.63, 3.8) is 0 Å². The van der Waals surface area contributed by atoms with E-state index in [4.69, 9.17) is 5.73 Å². The molecule has 0 aliphatic heterocycles. The van der Waals surface area contributed by atoms with Crippen molar-refractivity contribution in [2.75, 3.05) is 0 Å². The maximum atomic E-state index is 5.88. The second-order valence-electron chi connectivity index (χ2n) is 5.57. The third kappa shape index (κ3) is 3.25. The highest BCUT2D eigenvalue weighted by atomic mass is 14.9. The highest BCUT2D eigenvalue weighted by Gasteiger charge is 2.23. The first kappa shape index (κ1) is 14.1. The van der Waals surface area contributed by atoms with Crippen molar-refractivity contribution in [1.29, 1.82) is 0 Å². The lowest BCUT2D eigenvalue weighted by Crippen LogP contribution is -2.18. The molecular weight excluding hydrogens is 210 g/mol. The molecule has 0 aromatic carbocycles. The van der Waals surface area contributed by atoms with Crippen LogP contribution in [0.1, 0.15) is 63.7 Å². The van der Waals surface area contributed by atoms with Gasteiger partial charge < -0.3 is 5.73 Å². The quantitative estimate of drug-likeness (QED) is 0.872. The van der Waals surface area contributed by atoms with Gasteiger partial charge in [-0.05, 0) is 25.7 Å². The molecule has 0 amide bonds. The molecular formula is C14H25N3. The molecule has 3 heteroatoms. The highest BCUT2D eigenvalue weighted by molar-refractivity contribution is 5.20. The van der Waals surface area contributed by atoms with Crippen LogP contribution in [0.5, 0.6) is 0 Å². The first-order chi connectivity index (χ1) is 7.84. The number of nitrogens with zero attached hydrogens (tertiary/aromatic N) is 2. The van der Waals surface area contributed by atoms with Gasteiger partial charge in [0.2, 0.25) is 0 Å². The summed E-state index contributed by atoms with van der Waals surface area (Å²) in [6.07, 6.45) is 1.89. The fraction of sp³-hybridized carbons (Fsp3) is 0.714. The van der Waals surface area contributed by atoms with Crippen molar-refractivity contribution in [3.05, 3.63) is 23.3 Å². The molecule has 3 nitrogen and oxygen atoms in total. The Kier molecular flexibility index (Phi) is 4.63. The fourth-order valence-electron chi connectivity index (χ4n) is 2.47. The van der Waals surface area contributed by atoms with Crippen molar-refractivity contribution >= 4 is 0 Å². The first-order valence-electron chi connectivity index (χ1n) is 6.43. The molecule has 96 valence electrons. The summed E-state index contributed by atoms with van der Waals surface area (Å²) in [5, 5.41) is 0. The van der Waals surface area contributed by atoms with Gasteiger partial charge in [-0.1, -0.05) is 27.7 Å². The topological polar surface area (TPSA) is 51.8 Å². The van der Waals surface area contributed by atoms with E-state index < -0.39 is 0 Å². The minimum atomic E-state index is 0.000556. The number of hydrogen-bond donors (Lipinski definition) is 1. The van der Waals surface area contributed by atoms with Gasteiger partial charge in [-0.15, -0.1) is 0 Å². The van der Waals surface area contributed by atoms with Crippen molar-refractivity contribution < 1.29 is 0 Å². The van der Waals surface area contributed by atoms with E-state index in [1.165, 1.54) is 0 Å². The smallest absolute Gasteiger partial charge is 0.132 e. The van der Waals surface area contributed by atoms with E-state index in [2.05, 4.69) is 37.7 Å². The SMILES string of the molecule is Cc1nc(C(C(C)C)C(C)C)ncc1[C@H](C)N. The number of hydrogen-bond acceptors (Lipinski definition) is 3. The molecule has 0 saturated heterocycles. The van der Waals surface area contributed by atoms with Crippen molar-refractivity contribution in [3.8, 4) is 0 Å². The Morgan fingerprint density at radius 3 is 1.94 bits per heavy atom. The van der Waals surface area contributed by atoms with Crippen LogP contribution in [-0.2, 0) is 0 Å². The second kappa shape index (κ2) is 5.58. The largest absolute Gasteiger partial charge is 0.324 e. The van der Waals surface area contributed by atoms with Crippen LogP contribution < -0.4 is 5.73 Å². The van der Waals surface area contributed by atoms with E-state index in [0.717, 1.165) is 17.1 Å². The Balaban J connectivity index is 3.11. The van der Waals surface area contributed by atoms with Gasteiger partial charge in [0.15, 0.2) is 0 Å². The maximum Gasteiger partial charge on any atom is 0.132 e. The van der Waals surface area contributed by atoms with Crippen LogP contribution in [0.15, 0.2) is 6.20 Å². The van der Waals surface area contributed by atoms with Crippen molar-refractivity contribution in [1.82, 2.24) is 9.97 Å². The molecule has 0 aliphatic carbocycles. The lowest BCUT2D eigenvalue weighted by Gasteiger charge is -2.24. The Hall–Kier alpha value is -0.960. The average Bonchev–Trinajstić information content (AvgIpc) is 2.15. The van der Waals surface area contributed by atoms with Crippen LogP contribution in [0.25, 0.3) is 0 Å². The summed E-state index contributed by atoms with van der Waals surface area (Å²) >= 11 is 0. The summed E-state index contributed by atoms with van der Waals surface area (Å²) in [5.41, 5.74) is 7.93. The monoisotopic (exact) mass is 235 g/mol. The number of aryl methyl sites for hydroxylation is 1. The summed E-state index contributed by atoms with van der Waals surface area (Å²) in [6, 6.07) is 0.000556. The van der Waals surface area contributed by atoms with Gasteiger partial charge in [0.05, 0.1) is 0 Å². The standard InChI is InChI=1S/C14H25N3/c1-8(2)13(9(3)4)14-16-7-12(10(5)15)11(6)17-14/h7-10,13H,15H2,1-6H3/t10-/m0/s1. The van der Waals surface area contributed by atoms with Gasteiger partial charge in [-0.3, -0.25) is 0 Å². The minimum absolute atomic E-state index is 0.000556. The molecule has 2 N–H and O–H groups in total. The molecule has 1 heterocycles. The Labute approximate surface area is 105 Å². The zero-order valence-electron chi connectivity index (χ0n) is 11.9. The van der Waals surface area contributed by atoms with Gasteiger partial charge in [-0.25, -0.2) is 9.97 Å². The summed E-state index contributed by atoms with van der Waals surface area (Å²) < 4.78 is 0. The summed E-state index contributed by atoms with van der Waals surface area (Å²) in [5.74, 6) is 2.47. The zero-order chi connectivity index (χ0) is 13.2. The Morgan fingerprint density at radius 2 is 1.59 bits per heavy atom. The van der Waals surface area contributed by atoms with Crippen LogP contribution in [0.3, 0.4) is 0 Å². The summed E-state index contributed by atoms with van der Waals surface area (Å²) in [7, 11) is 0. The minimum Gasteiger partial charge on any atom is -0.324 e. The molecule has 0 bridgehead atoms. The van der Waals surface area contributed by atoms with E-state index in [9.17, 15) is 0 Å². The molecule has 0 radical (unpaired) electrons. The molecule has 1 aromatic rings. The zero-order valence-corrected chi connectivity index (χ0v) is 11.9. The maximum absolute atomic E-state index is 5.88. The lowest BCUT2D eigenvalue weighted by atomic mass is 9.85. The average molecular weight is 235 g/mol. The number of nitrogens with two attached hydrogens (primary N) is 1. The van der Waals surface area contributed by atoms with Crippen LogP contribution in [0.4, 0.5) is 0 Å². The molecule has 1 rings (SSSR count). The molecule has 0 fully saturated rings. The number of rotatable bonds is 4. The van der Waals surface area contributed by atoms with Crippen LogP contribution >= 0.6 is 0 Å². The van der Waals surface area contributed by atoms with Gasteiger partial charge in [-0.2, -0.15) is 0 Å². The van der Waals surface area contributed by atoms with Gasteiger partial charge in [0, 0.05) is 29.4 Å². The highest BCUT2D eigenvalue weighted by Crippen LogP contribution is 2.29. The van der Waals surface area contributed by atoms with E-state index in [1.54, 1.807) is 0 Å². The summed E-state index contributed by atoms with van der Waals surface area (Å²) in [4.78, 5) is 9.16. The van der Waals surface area contributed by atoms with Crippen molar-refractivity contribution in [2.24, 2.45) is 17.6 Å².